The second kappa shape index (κ2) is 9.74. The molecule has 154 valence electrons. The molecule has 0 bridgehead atoms. The van der Waals surface area contributed by atoms with E-state index in [4.69, 9.17) is 9.47 Å². The lowest BCUT2D eigenvalue weighted by atomic mass is 10.0. The van der Waals surface area contributed by atoms with Gasteiger partial charge in [0.2, 0.25) is 0 Å². The summed E-state index contributed by atoms with van der Waals surface area (Å²) in [5.74, 6) is -0.422. The molecule has 0 heterocycles. The molecule has 0 aromatic heterocycles. The van der Waals surface area contributed by atoms with Gasteiger partial charge in [-0.1, -0.05) is 54.6 Å². The first-order chi connectivity index (χ1) is 14.4. The Morgan fingerprint density at radius 1 is 0.900 bits per heavy atom. The van der Waals surface area contributed by atoms with Gasteiger partial charge in [-0.05, 0) is 55.7 Å². The first-order valence-electron chi connectivity index (χ1n) is 9.79. The highest BCUT2D eigenvalue weighted by Gasteiger charge is 2.19. The molecule has 0 saturated heterocycles. The van der Waals surface area contributed by atoms with E-state index >= 15 is 0 Å². The van der Waals surface area contributed by atoms with Crippen molar-refractivity contribution in [3.63, 3.8) is 0 Å². The Kier molecular flexibility index (Phi) is 6.86. The maximum absolute atomic E-state index is 12.6. The van der Waals surface area contributed by atoms with Crippen LogP contribution in [0.3, 0.4) is 0 Å². The van der Waals surface area contributed by atoms with Crippen LogP contribution >= 0.6 is 0 Å². The fourth-order valence-corrected chi connectivity index (χ4v) is 2.93. The quantitative estimate of drug-likeness (QED) is 0.569. The SMILES string of the molecule is Cc1ccc(OCC(=O)O[C@H](C)C(=O)Nc2ccccc2-c2ccccc2)cc1C. The van der Waals surface area contributed by atoms with Gasteiger partial charge in [0, 0.05) is 11.3 Å². The summed E-state index contributed by atoms with van der Waals surface area (Å²) in [6.07, 6.45) is -0.954. The number of carbonyl (C=O) groups excluding carboxylic acids is 2. The zero-order valence-corrected chi connectivity index (χ0v) is 17.3. The van der Waals surface area contributed by atoms with Gasteiger partial charge in [0.05, 0.1) is 0 Å². The van der Waals surface area contributed by atoms with E-state index in [9.17, 15) is 9.59 Å². The van der Waals surface area contributed by atoms with Crippen LogP contribution in [0.15, 0.2) is 72.8 Å². The number of benzene rings is 3. The molecule has 5 nitrogen and oxygen atoms in total. The van der Waals surface area contributed by atoms with Crippen LogP contribution in [0.5, 0.6) is 5.75 Å². The number of ether oxygens (including phenoxy) is 2. The number of amides is 1. The first-order valence-corrected chi connectivity index (χ1v) is 9.79. The minimum Gasteiger partial charge on any atom is -0.482 e. The Morgan fingerprint density at radius 2 is 1.60 bits per heavy atom. The lowest BCUT2D eigenvalue weighted by Gasteiger charge is -2.16. The molecule has 0 aliphatic heterocycles. The van der Waals surface area contributed by atoms with Crippen LogP contribution in [0.2, 0.25) is 0 Å². The van der Waals surface area contributed by atoms with Crippen molar-refractivity contribution in [1.82, 2.24) is 0 Å². The van der Waals surface area contributed by atoms with Gasteiger partial charge in [-0.25, -0.2) is 4.79 Å². The zero-order valence-electron chi connectivity index (χ0n) is 17.3. The Balaban J connectivity index is 1.57. The van der Waals surface area contributed by atoms with Crippen molar-refractivity contribution in [2.45, 2.75) is 26.9 Å². The van der Waals surface area contributed by atoms with E-state index in [1.807, 2.05) is 80.6 Å². The van der Waals surface area contributed by atoms with E-state index < -0.39 is 18.0 Å². The molecule has 1 atom stereocenters. The highest BCUT2D eigenvalue weighted by molar-refractivity contribution is 5.98. The lowest BCUT2D eigenvalue weighted by Crippen LogP contribution is -2.31. The van der Waals surface area contributed by atoms with Crippen LogP contribution < -0.4 is 10.1 Å². The minimum atomic E-state index is -0.954. The molecule has 3 aromatic carbocycles. The van der Waals surface area contributed by atoms with Crippen LogP contribution in [0.1, 0.15) is 18.1 Å². The monoisotopic (exact) mass is 403 g/mol. The predicted octanol–water partition coefficient (Wildman–Crippen LogP) is 4.92. The Morgan fingerprint density at radius 3 is 2.33 bits per heavy atom. The van der Waals surface area contributed by atoms with Gasteiger partial charge < -0.3 is 14.8 Å². The van der Waals surface area contributed by atoms with Crippen molar-refractivity contribution >= 4 is 17.6 Å². The molecule has 0 spiro atoms. The number of hydrogen-bond acceptors (Lipinski definition) is 4. The van der Waals surface area contributed by atoms with Crippen molar-refractivity contribution in [3.8, 4) is 16.9 Å². The lowest BCUT2D eigenvalue weighted by molar-refractivity contribution is -0.155. The Bertz CT molecular complexity index is 1030. The van der Waals surface area contributed by atoms with Gasteiger partial charge in [0.15, 0.2) is 12.7 Å². The summed E-state index contributed by atoms with van der Waals surface area (Å²) in [7, 11) is 0. The van der Waals surface area contributed by atoms with Crippen molar-refractivity contribution in [2.75, 3.05) is 11.9 Å². The van der Waals surface area contributed by atoms with Gasteiger partial charge in [-0.2, -0.15) is 0 Å². The van der Waals surface area contributed by atoms with Crippen LogP contribution in [0.4, 0.5) is 5.69 Å². The van der Waals surface area contributed by atoms with Crippen molar-refractivity contribution in [1.29, 1.82) is 0 Å². The number of aryl methyl sites for hydroxylation is 2. The molecule has 1 amide bonds. The molecule has 0 unspecified atom stereocenters. The molecule has 0 aliphatic rings. The molecular formula is C25H25NO4. The summed E-state index contributed by atoms with van der Waals surface area (Å²) >= 11 is 0. The topological polar surface area (TPSA) is 64.6 Å². The van der Waals surface area contributed by atoms with Gasteiger partial charge in [-0.3, -0.25) is 4.79 Å². The molecule has 3 aromatic rings. The third-order valence-corrected chi connectivity index (χ3v) is 4.78. The molecular weight excluding hydrogens is 378 g/mol. The largest absolute Gasteiger partial charge is 0.482 e. The van der Waals surface area contributed by atoms with Crippen LogP contribution in [0, 0.1) is 13.8 Å². The molecule has 0 aliphatic carbocycles. The Labute approximate surface area is 176 Å². The molecule has 0 fully saturated rings. The van der Waals surface area contributed by atoms with E-state index in [1.54, 1.807) is 6.07 Å². The number of nitrogens with one attached hydrogen (secondary N) is 1. The maximum atomic E-state index is 12.6. The van der Waals surface area contributed by atoms with Crippen LogP contribution in [-0.4, -0.2) is 24.6 Å². The maximum Gasteiger partial charge on any atom is 0.344 e. The summed E-state index contributed by atoms with van der Waals surface area (Å²) in [6.45, 7) is 5.25. The van der Waals surface area contributed by atoms with E-state index in [-0.39, 0.29) is 6.61 Å². The summed E-state index contributed by atoms with van der Waals surface area (Å²) in [6, 6.07) is 22.8. The van der Waals surface area contributed by atoms with E-state index in [2.05, 4.69) is 5.32 Å². The van der Waals surface area contributed by atoms with Crippen molar-refractivity contribution < 1.29 is 19.1 Å². The Hall–Kier alpha value is -3.60. The summed E-state index contributed by atoms with van der Waals surface area (Å²) in [5, 5.41) is 2.84. The highest BCUT2D eigenvalue weighted by Crippen LogP contribution is 2.27. The number of hydrogen-bond donors (Lipinski definition) is 1. The summed E-state index contributed by atoms with van der Waals surface area (Å²) < 4.78 is 10.7. The number of rotatable bonds is 7. The third kappa shape index (κ3) is 5.47. The summed E-state index contributed by atoms with van der Waals surface area (Å²) in [4.78, 5) is 24.7. The number of carbonyl (C=O) groups is 2. The normalized spacial score (nSPS) is 11.4. The standard InChI is InChI=1S/C25H25NO4/c1-17-13-14-21(15-18(17)2)29-16-24(27)30-19(3)25(28)26-23-12-8-7-11-22(23)20-9-5-4-6-10-20/h4-15,19H,16H2,1-3H3,(H,26,28)/t19-/m1/s1. The van der Waals surface area contributed by atoms with Gasteiger partial charge in [-0.15, -0.1) is 0 Å². The van der Waals surface area contributed by atoms with Crippen LogP contribution in [-0.2, 0) is 14.3 Å². The molecule has 5 heteroatoms. The predicted molar refractivity (Wildman–Crippen MR) is 117 cm³/mol. The second-order valence-corrected chi connectivity index (χ2v) is 7.07. The minimum absolute atomic E-state index is 0.263. The van der Waals surface area contributed by atoms with E-state index in [0.717, 1.165) is 22.3 Å². The molecule has 0 saturated carbocycles. The van der Waals surface area contributed by atoms with Crippen molar-refractivity contribution in [2.24, 2.45) is 0 Å². The molecule has 3 rings (SSSR count). The van der Waals surface area contributed by atoms with Crippen molar-refractivity contribution in [3.05, 3.63) is 83.9 Å². The van der Waals surface area contributed by atoms with Gasteiger partial charge in [0.25, 0.3) is 5.91 Å². The van der Waals surface area contributed by atoms with Gasteiger partial charge in [0.1, 0.15) is 5.75 Å². The fraction of sp³-hybridized carbons (Fsp3) is 0.200. The zero-order chi connectivity index (χ0) is 21.5. The number of para-hydroxylation sites is 1. The average molecular weight is 403 g/mol. The number of esters is 1. The number of anilines is 1. The first kappa shape index (κ1) is 21.1. The molecule has 30 heavy (non-hydrogen) atoms. The smallest absolute Gasteiger partial charge is 0.344 e. The highest BCUT2D eigenvalue weighted by atomic mass is 16.6. The third-order valence-electron chi connectivity index (χ3n) is 4.78. The average Bonchev–Trinajstić information content (AvgIpc) is 2.75. The van der Waals surface area contributed by atoms with Crippen LogP contribution in [0.25, 0.3) is 11.1 Å². The molecule has 0 radical (unpaired) electrons. The van der Waals surface area contributed by atoms with Gasteiger partial charge >= 0.3 is 5.97 Å². The van der Waals surface area contributed by atoms with E-state index in [0.29, 0.717) is 11.4 Å². The second-order valence-electron chi connectivity index (χ2n) is 7.07. The van der Waals surface area contributed by atoms with E-state index in [1.165, 1.54) is 6.92 Å². The molecule has 1 N–H and O–H groups in total. The fourth-order valence-electron chi connectivity index (χ4n) is 2.93. The summed E-state index contributed by atoms with van der Waals surface area (Å²) in [5.41, 5.74) is 4.75.